The van der Waals surface area contributed by atoms with E-state index in [0.717, 1.165) is 38.1 Å². The van der Waals surface area contributed by atoms with Crippen molar-refractivity contribution in [3.63, 3.8) is 0 Å². The van der Waals surface area contributed by atoms with Crippen LogP contribution in [0.5, 0.6) is 0 Å². The fraction of sp³-hybridized carbons (Fsp3) is 0.957. The van der Waals surface area contributed by atoms with Gasteiger partial charge in [-0.15, -0.1) is 0 Å². The maximum absolute atomic E-state index is 13.7. The third kappa shape index (κ3) is 6.13. The number of ether oxygens (including phenoxy) is 1. The maximum Gasteiger partial charge on any atom is 0.379 e. The largest absolute Gasteiger partial charge is 0.393 e. The Morgan fingerprint density at radius 3 is 2.04 bits per heavy atom. The summed E-state index contributed by atoms with van der Waals surface area (Å²) < 4.78 is 19.2. The monoisotopic (exact) mass is 414 g/mol. The number of carbonyl (C=O) groups is 1. The van der Waals surface area contributed by atoms with E-state index in [4.69, 9.17) is 13.6 Å². The average Bonchev–Trinajstić information content (AvgIpc) is 2.69. The summed E-state index contributed by atoms with van der Waals surface area (Å²) in [4.78, 5) is 13.7. The minimum atomic E-state index is -2.79. The molecule has 1 aliphatic rings. The smallest absolute Gasteiger partial charge is 0.379 e. The summed E-state index contributed by atoms with van der Waals surface area (Å²) in [5, 5.41) is -0.830. The third-order valence-corrected chi connectivity index (χ3v) is 10.7. The number of rotatable bonds is 16. The first kappa shape index (κ1) is 25.8. The Balaban J connectivity index is 2.96. The second kappa shape index (κ2) is 13.9. The van der Waals surface area contributed by atoms with Crippen LogP contribution in [0.25, 0.3) is 0 Å². The van der Waals surface area contributed by atoms with Gasteiger partial charge in [0.05, 0.1) is 0 Å². The predicted molar refractivity (Wildman–Crippen MR) is 119 cm³/mol. The van der Waals surface area contributed by atoms with Crippen molar-refractivity contribution >= 4 is 14.3 Å². The summed E-state index contributed by atoms with van der Waals surface area (Å²) in [6, 6.07) is 0.869. The molecule has 0 bridgehead atoms. The molecule has 1 fully saturated rings. The van der Waals surface area contributed by atoms with E-state index in [9.17, 15) is 4.79 Å². The molecule has 1 heterocycles. The molecule has 2 atom stereocenters. The second-order valence-corrected chi connectivity index (χ2v) is 11.4. The van der Waals surface area contributed by atoms with E-state index in [-0.39, 0.29) is 11.7 Å². The molecule has 0 aromatic rings. The Labute approximate surface area is 175 Å². The Morgan fingerprint density at radius 1 is 0.893 bits per heavy atom. The molecule has 0 aromatic heterocycles. The summed E-state index contributed by atoms with van der Waals surface area (Å²) in [7, 11) is -2.79. The van der Waals surface area contributed by atoms with Gasteiger partial charge in [-0.25, -0.2) is 0 Å². The highest BCUT2D eigenvalue weighted by atomic mass is 28.4. The molecular formula is C23H46O4Si. The van der Waals surface area contributed by atoms with Crippen molar-refractivity contribution in [2.24, 2.45) is 5.92 Å². The first-order valence-electron chi connectivity index (χ1n) is 12.0. The first-order chi connectivity index (χ1) is 13.6. The molecule has 0 amide bonds. The highest BCUT2D eigenvalue weighted by Gasteiger charge is 2.67. The SMILES string of the molecule is CCCCCCCCCC(=O)C1(OCC)C(CC)CCC[Si]1(OCC)OCC. The molecule has 1 rings (SSSR count). The Morgan fingerprint density at radius 2 is 1.50 bits per heavy atom. The van der Waals surface area contributed by atoms with Crippen molar-refractivity contribution in [2.75, 3.05) is 19.8 Å². The first-order valence-corrected chi connectivity index (χ1v) is 14.1. The van der Waals surface area contributed by atoms with Gasteiger partial charge in [0.15, 0.2) is 11.0 Å². The zero-order valence-electron chi connectivity index (χ0n) is 19.3. The van der Waals surface area contributed by atoms with E-state index in [1.807, 2.05) is 20.8 Å². The number of hydrogen-bond acceptors (Lipinski definition) is 4. The van der Waals surface area contributed by atoms with Crippen molar-refractivity contribution in [3.8, 4) is 0 Å². The van der Waals surface area contributed by atoms with Gasteiger partial charge in [-0.05, 0) is 45.6 Å². The zero-order valence-corrected chi connectivity index (χ0v) is 20.3. The lowest BCUT2D eigenvalue weighted by Gasteiger charge is -2.52. The molecule has 166 valence electrons. The molecule has 2 unspecified atom stereocenters. The van der Waals surface area contributed by atoms with Crippen LogP contribution in [0.4, 0.5) is 0 Å². The fourth-order valence-corrected chi connectivity index (χ4v) is 9.70. The molecule has 1 saturated heterocycles. The zero-order chi connectivity index (χ0) is 20.9. The predicted octanol–water partition coefficient (Wildman–Crippen LogP) is 6.35. The normalized spacial score (nSPS) is 24.4. The van der Waals surface area contributed by atoms with Crippen molar-refractivity contribution < 1.29 is 18.4 Å². The van der Waals surface area contributed by atoms with Crippen LogP contribution in [0.2, 0.25) is 6.04 Å². The van der Waals surface area contributed by atoms with Crippen molar-refractivity contribution in [1.82, 2.24) is 0 Å². The van der Waals surface area contributed by atoms with Crippen LogP contribution in [0, 0.1) is 5.92 Å². The van der Waals surface area contributed by atoms with Crippen LogP contribution in [-0.2, 0) is 18.4 Å². The summed E-state index contributed by atoms with van der Waals surface area (Å²) >= 11 is 0. The van der Waals surface area contributed by atoms with Crippen LogP contribution in [0.3, 0.4) is 0 Å². The maximum atomic E-state index is 13.7. The quantitative estimate of drug-likeness (QED) is 0.218. The van der Waals surface area contributed by atoms with E-state index < -0.39 is 13.8 Å². The van der Waals surface area contributed by atoms with Crippen LogP contribution in [0.15, 0.2) is 0 Å². The number of Topliss-reactive ketones (excluding diaryl/α,β-unsaturated/α-hetero) is 1. The van der Waals surface area contributed by atoms with E-state index in [2.05, 4.69) is 13.8 Å². The van der Waals surface area contributed by atoms with Gasteiger partial charge in [0, 0.05) is 26.2 Å². The number of ketones is 1. The molecule has 0 aliphatic carbocycles. The molecule has 4 nitrogen and oxygen atoms in total. The van der Waals surface area contributed by atoms with Crippen molar-refractivity contribution in [2.45, 2.75) is 117 Å². The molecule has 0 N–H and O–H groups in total. The number of unbranched alkanes of at least 4 members (excludes halogenated alkanes) is 6. The summed E-state index contributed by atoms with van der Waals surface area (Å²) in [5.41, 5.74) is 0. The molecule has 1 aliphatic heterocycles. The van der Waals surface area contributed by atoms with E-state index in [1.54, 1.807) is 0 Å². The molecule has 0 spiro atoms. The topological polar surface area (TPSA) is 44.8 Å². The molecule has 28 heavy (non-hydrogen) atoms. The summed E-state index contributed by atoms with van der Waals surface area (Å²) in [6.45, 7) is 12.2. The third-order valence-electron chi connectivity index (χ3n) is 6.24. The average molecular weight is 415 g/mol. The second-order valence-electron chi connectivity index (χ2n) is 8.08. The van der Waals surface area contributed by atoms with Crippen molar-refractivity contribution in [1.29, 1.82) is 0 Å². The minimum Gasteiger partial charge on any atom is -0.393 e. The Hall–Kier alpha value is -0.233. The minimum absolute atomic E-state index is 0.211. The lowest BCUT2D eigenvalue weighted by molar-refractivity contribution is -0.148. The molecule has 0 saturated carbocycles. The lowest BCUT2D eigenvalue weighted by Crippen LogP contribution is -2.73. The van der Waals surface area contributed by atoms with Gasteiger partial charge in [-0.1, -0.05) is 65.2 Å². The van der Waals surface area contributed by atoms with Gasteiger partial charge >= 0.3 is 8.56 Å². The highest BCUT2D eigenvalue weighted by Crippen LogP contribution is 2.47. The number of carbonyl (C=O) groups excluding carboxylic acids is 1. The Kier molecular flexibility index (Phi) is 12.8. The van der Waals surface area contributed by atoms with Gasteiger partial charge in [0.25, 0.3) is 0 Å². The van der Waals surface area contributed by atoms with Crippen LogP contribution >= 0.6 is 0 Å². The van der Waals surface area contributed by atoms with Gasteiger partial charge in [0.2, 0.25) is 0 Å². The molecule has 0 aromatic carbocycles. The highest BCUT2D eigenvalue weighted by molar-refractivity contribution is 6.74. The van der Waals surface area contributed by atoms with E-state index in [1.165, 1.54) is 32.1 Å². The fourth-order valence-electron chi connectivity index (χ4n) is 5.04. The molecule has 5 heteroatoms. The van der Waals surface area contributed by atoms with E-state index in [0.29, 0.717) is 26.2 Å². The standard InChI is InChI=1S/C23H46O4Si/c1-6-11-12-13-14-15-16-19-22(24)23(25-8-3)21(7-2)18-17-20-28(23,26-9-4)27-10-5/h21H,6-20H2,1-5H3. The van der Waals surface area contributed by atoms with Crippen LogP contribution < -0.4 is 0 Å². The van der Waals surface area contributed by atoms with Crippen LogP contribution in [0.1, 0.15) is 105 Å². The van der Waals surface area contributed by atoms with Gasteiger partial charge in [0.1, 0.15) is 0 Å². The van der Waals surface area contributed by atoms with E-state index >= 15 is 0 Å². The summed E-state index contributed by atoms with van der Waals surface area (Å²) in [5.74, 6) is 0.464. The Bertz CT molecular complexity index is 417. The number of hydrogen-bond donors (Lipinski definition) is 0. The van der Waals surface area contributed by atoms with Crippen molar-refractivity contribution in [3.05, 3.63) is 0 Å². The van der Waals surface area contributed by atoms with Gasteiger partial charge in [-0.3, -0.25) is 4.79 Å². The van der Waals surface area contributed by atoms with Gasteiger partial charge < -0.3 is 13.6 Å². The van der Waals surface area contributed by atoms with Gasteiger partial charge in [-0.2, -0.15) is 0 Å². The molecular weight excluding hydrogens is 368 g/mol. The van der Waals surface area contributed by atoms with Crippen LogP contribution in [-0.4, -0.2) is 39.4 Å². The summed E-state index contributed by atoms with van der Waals surface area (Å²) in [6.07, 6.45) is 12.2. The lowest BCUT2D eigenvalue weighted by atomic mass is 9.88. The molecule has 0 radical (unpaired) electrons.